The number of esters is 1. The summed E-state index contributed by atoms with van der Waals surface area (Å²) in [6, 6.07) is 3.79. The first kappa shape index (κ1) is 21.0. The van der Waals surface area contributed by atoms with Gasteiger partial charge in [-0.3, -0.25) is 14.4 Å². The van der Waals surface area contributed by atoms with Crippen molar-refractivity contribution >= 4 is 46.0 Å². The Balaban J connectivity index is 2.35. The van der Waals surface area contributed by atoms with Crippen LogP contribution in [0.3, 0.4) is 0 Å². The number of ether oxygens (including phenoxy) is 1. The number of aliphatic carboxylic acids is 1. The molecule has 1 aromatic carbocycles. The summed E-state index contributed by atoms with van der Waals surface area (Å²) in [5, 5.41) is 10.1. The van der Waals surface area contributed by atoms with E-state index in [1.54, 1.807) is 25.7 Å². The fourth-order valence-corrected chi connectivity index (χ4v) is 3.52. The molecule has 2 heterocycles. The Morgan fingerprint density at radius 1 is 1.34 bits per heavy atom. The summed E-state index contributed by atoms with van der Waals surface area (Å²) < 4.78 is 18.9. The maximum Gasteiger partial charge on any atom is 0.333 e. The Morgan fingerprint density at radius 3 is 2.55 bits per heavy atom. The number of carbonyl (C=O) groups is 3. The molecule has 1 aromatic heterocycles. The highest BCUT2D eigenvalue weighted by atomic mass is 35.5. The van der Waals surface area contributed by atoms with Crippen molar-refractivity contribution in [3.63, 3.8) is 0 Å². The fraction of sp³-hybridized carbons (Fsp3) is 0.400. The van der Waals surface area contributed by atoms with E-state index in [0.29, 0.717) is 5.52 Å². The van der Waals surface area contributed by atoms with E-state index in [2.05, 4.69) is 4.98 Å². The number of rotatable bonds is 3. The molecule has 2 aromatic rings. The van der Waals surface area contributed by atoms with Crippen LogP contribution in [0.15, 0.2) is 18.2 Å². The van der Waals surface area contributed by atoms with E-state index in [1.807, 2.05) is 0 Å². The van der Waals surface area contributed by atoms with E-state index in [-0.39, 0.29) is 28.4 Å². The summed E-state index contributed by atoms with van der Waals surface area (Å²) in [4.78, 5) is 44.2. The quantitative estimate of drug-likeness (QED) is 0.597. The van der Waals surface area contributed by atoms with E-state index >= 15 is 0 Å². The molecular formula is C20H20ClFN2O5. The monoisotopic (exact) mass is 422 g/mol. The first-order valence-electron chi connectivity index (χ1n) is 8.96. The number of halogens is 2. The van der Waals surface area contributed by atoms with Crippen LogP contribution in [-0.4, -0.2) is 46.5 Å². The molecular weight excluding hydrogens is 403 g/mol. The molecule has 7 nitrogen and oxygen atoms in total. The first-order chi connectivity index (χ1) is 13.4. The molecule has 0 aliphatic carbocycles. The van der Waals surface area contributed by atoms with Crippen molar-refractivity contribution in [3.8, 4) is 0 Å². The number of hydrogen-bond acceptors (Lipinski definition) is 6. The van der Waals surface area contributed by atoms with Crippen LogP contribution < -0.4 is 4.90 Å². The molecule has 3 rings (SSSR count). The van der Waals surface area contributed by atoms with Crippen molar-refractivity contribution in [2.45, 2.75) is 33.2 Å². The highest BCUT2D eigenvalue weighted by molar-refractivity contribution is 6.31. The summed E-state index contributed by atoms with van der Waals surface area (Å²) >= 11 is 5.85. The summed E-state index contributed by atoms with van der Waals surface area (Å²) in [5.74, 6) is -4.18. The minimum Gasteiger partial charge on any atom is -0.480 e. The van der Waals surface area contributed by atoms with E-state index in [9.17, 15) is 23.9 Å². The van der Waals surface area contributed by atoms with Gasteiger partial charge >= 0.3 is 11.9 Å². The number of carbonyl (C=O) groups excluding carboxylic acids is 2. The molecule has 0 amide bonds. The van der Waals surface area contributed by atoms with Crippen LogP contribution in [0, 0.1) is 11.2 Å². The molecule has 1 N–H and O–H groups in total. The number of carboxylic acids is 1. The largest absolute Gasteiger partial charge is 0.480 e. The Bertz CT molecular complexity index is 1050. The van der Waals surface area contributed by atoms with Crippen LogP contribution in [0.5, 0.6) is 0 Å². The Kier molecular flexibility index (Phi) is 5.03. The number of nitrogens with zero attached hydrogens (tertiary/aromatic N) is 2. The summed E-state index contributed by atoms with van der Waals surface area (Å²) in [6.07, 6.45) is 0. The van der Waals surface area contributed by atoms with Crippen LogP contribution in [0.4, 0.5) is 10.2 Å². The molecule has 0 spiro atoms. The van der Waals surface area contributed by atoms with E-state index < -0.39 is 41.0 Å². The summed E-state index contributed by atoms with van der Waals surface area (Å²) in [5.41, 5.74) is -2.88. The number of Topliss-reactive ketones (excluding diaryl/α,β-unsaturated/α-hetero) is 1. The van der Waals surface area contributed by atoms with Gasteiger partial charge < -0.3 is 14.7 Å². The Labute approximate surface area is 171 Å². The third-order valence-corrected chi connectivity index (χ3v) is 5.21. The van der Waals surface area contributed by atoms with Crippen LogP contribution in [-0.2, 0) is 14.3 Å². The van der Waals surface area contributed by atoms with E-state index in [0.717, 1.165) is 6.07 Å². The van der Waals surface area contributed by atoms with Crippen LogP contribution in [0.2, 0.25) is 5.02 Å². The van der Waals surface area contributed by atoms with Gasteiger partial charge in [-0.15, -0.1) is 0 Å². The second-order valence-electron chi connectivity index (χ2n) is 7.84. The van der Waals surface area contributed by atoms with Crippen molar-refractivity contribution in [2.75, 3.05) is 18.1 Å². The average Bonchev–Trinajstić information content (AvgIpc) is 2.61. The maximum atomic E-state index is 13.9. The molecule has 1 aliphatic rings. The van der Waals surface area contributed by atoms with E-state index in [4.69, 9.17) is 16.3 Å². The number of hydrogen-bond donors (Lipinski definition) is 1. The number of anilines is 1. The van der Waals surface area contributed by atoms with Gasteiger partial charge in [0.1, 0.15) is 11.6 Å². The molecule has 9 heteroatoms. The molecule has 1 atom stereocenters. The van der Waals surface area contributed by atoms with Gasteiger partial charge in [0.15, 0.2) is 5.78 Å². The summed E-state index contributed by atoms with van der Waals surface area (Å²) in [6.45, 7) is 6.40. The second kappa shape index (κ2) is 6.95. The van der Waals surface area contributed by atoms with Crippen LogP contribution >= 0.6 is 11.6 Å². The van der Waals surface area contributed by atoms with Gasteiger partial charge in [-0.2, -0.15) is 0 Å². The number of carboxylic acid groups (broad SMARTS) is 1. The SMILES string of the molecule is CCOC(=O)C1(C(=O)O)CN(C(C)(C)C)c2nc3cc(Cl)c(F)cc3cc2C1=O. The van der Waals surface area contributed by atoms with Gasteiger partial charge in [-0.1, -0.05) is 11.6 Å². The third kappa shape index (κ3) is 3.21. The molecule has 0 fully saturated rings. The third-order valence-electron chi connectivity index (χ3n) is 4.92. The number of pyridine rings is 1. The topological polar surface area (TPSA) is 96.8 Å². The highest BCUT2D eigenvalue weighted by Gasteiger charge is 2.60. The molecule has 29 heavy (non-hydrogen) atoms. The molecule has 0 radical (unpaired) electrons. The van der Waals surface area contributed by atoms with Gasteiger partial charge in [-0.25, -0.2) is 9.37 Å². The minimum atomic E-state index is -2.45. The molecule has 0 saturated heterocycles. The van der Waals surface area contributed by atoms with Crippen molar-refractivity contribution in [1.29, 1.82) is 0 Å². The zero-order valence-corrected chi connectivity index (χ0v) is 17.1. The molecule has 154 valence electrons. The predicted octanol–water partition coefficient (Wildman–Crippen LogP) is 3.46. The normalized spacial score (nSPS) is 19.2. The van der Waals surface area contributed by atoms with Crippen molar-refractivity contribution in [3.05, 3.63) is 34.6 Å². The highest BCUT2D eigenvalue weighted by Crippen LogP contribution is 2.42. The van der Waals surface area contributed by atoms with Crippen molar-refractivity contribution < 1.29 is 28.6 Å². The molecule has 1 aliphatic heterocycles. The fourth-order valence-electron chi connectivity index (χ4n) is 3.36. The summed E-state index contributed by atoms with van der Waals surface area (Å²) in [7, 11) is 0. The average molecular weight is 423 g/mol. The smallest absolute Gasteiger partial charge is 0.333 e. The van der Waals surface area contributed by atoms with Gasteiger partial charge in [0.2, 0.25) is 5.41 Å². The zero-order chi connectivity index (χ0) is 21.7. The lowest BCUT2D eigenvalue weighted by atomic mass is 9.75. The number of aromatic nitrogens is 1. The molecule has 0 bridgehead atoms. The Morgan fingerprint density at radius 2 is 2.00 bits per heavy atom. The van der Waals surface area contributed by atoms with Crippen molar-refractivity contribution in [1.82, 2.24) is 4.98 Å². The van der Waals surface area contributed by atoms with Crippen molar-refractivity contribution in [2.24, 2.45) is 5.41 Å². The lowest BCUT2D eigenvalue weighted by Crippen LogP contribution is -2.61. The lowest BCUT2D eigenvalue weighted by Gasteiger charge is -2.45. The number of benzene rings is 1. The predicted molar refractivity (Wildman–Crippen MR) is 105 cm³/mol. The van der Waals surface area contributed by atoms with Crippen LogP contribution in [0.25, 0.3) is 10.9 Å². The second-order valence-corrected chi connectivity index (χ2v) is 8.24. The zero-order valence-electron chi connectivity index (χ0n) is 16.4. The lowest BCUT2D eigenvalue weighted by molar-refractivity contribution is -0.163. The standard InChI is InChI=1S/C20H20ClFN2O5/c1-5-29-18(28)20(17(26)27)9-24(19(2,3)4)16-11(15(20)25)6-10-7-13(22)12(21)8-14(10)23-16/h6-8H,5,9H2,1-4H3,(H,26,27). The number of fused-ring (bicyclic) bond motifs is 2. The molecule has 0 saturated carbocycles. The number of ketones is 1. The van der Waals surface area contributed by atoms with Crippen LogP contribution in [0.1, 0.15) is 38.1 Å². The van der Waals surface area contributed by atoms with E-state index in [1.165, 1.54) is 19.1 Å². The van der Waals surface area contributed by atoms with Gasteiger partial charge in [0.05, 0.1) is 29.3 Å². The molecule has 1 unspecified atom stereocenters. The van der Waals surface area contributed by atoms with Gasteiger partial charge in [-0.05, 0) is 45.9 Å². The first-order valence-corrected chi connectivity index (χ1v) is 9.34. The Hall–Kier alpha value is -2.74. The maximum absolute atomic E-state index is 13.9. The van der Waals surface area contributed by atoms with Gasteiger partial charge in [0.25, 0.3) is 0 Å². The van der Waals surface area contributed by atoms with Gasteiger partial charge in [0, 0.05) is 10.9 Å². The minimum absolute atomic E-state index is 0.0802.